The summed E-state index contributed by atoms with van der Waals surface area (Å²) in [4.78, 5) is 4.08. The molecule has 96 valence electrons. The zero-order valence-corrected chi connectivity index (χ0v) is 10.3. The first-order valence-electron chi connectivity index (χ1n) is 5.49. The summed E-state index contributed by atoms with van der Waals surface area (Å²) in [6.45, 7) is 5.79. The lowest BCUT2D eigenvalue weighted by atomic mass is 9.93. The van der Waals surface area contributed by atoms with Gasteiger partial charge in [-0.15, -0.1) is 0 Å². The summed E-state index contributed by atoms with van der Waals surface area (Å²) in [6, 6.07) is 1.65. The van der Waals surface area contributed by atoms with Gasteiger partial charge in [-0.1, -0.05) is 20.8 Å². The highest BCUT2D eigenvalue weighted by atomic mass is 19.2. The molecule has 0 fully saturated rings. The molecule has 0 bridgehead atoms. The van der Waals surface area contributed by atoms with Crippen molar-refractivity contribution in [1.82, 2.24) is 9.55 Å². The van der Waals surface area contributed by atoms with Crippen LogP contribution < -0.4 is 0 Å². The summed E-state index contributed by atoms with van der Waals surface area (Å²) in [5.41, 5.74) is -0.0190. The van der Waals surface area contributed by atoms with Crippen LogP contribution in [0.25, 0.3) is 5.69 Å². The van der Waals surface area contributed by atoms with Crippen LogP contribution in [0.3, 0.4) is 0 Å². The van der Waals surface area contributed by atoms with Crippen molar-refractivity contribution in [3.8, 4) is 5.69 Å². The summed E-state index contributed by atoms with van der Waals surface area (Å²) in [5.74, 6) is -3.13. The van der Waals surface area contributed by atoms with Gasteiger partial charge in [-0.3, -0.25) is 0 Å². The van der Waals surface area contributed by atoms with Crippen LogP contribution in [-0.2, 0) is 5.41 Å². The minimum Gasteiger partial charge on any atom is -0.301 e. The highest BCUT2D eigenvalue weighted by Gasteiger charge is 2.20. The average Bonchev–Trinajstić information content (AvgIpc) is 2.73. The lowest BCUT2D eigenvalue weighted by Crippen LogP contribution is -2.11. The summed E-state index contributed by atoms with van der Waals surface area (Å²) in [6.07, 6.45) is 2.78. The first kappa shape index (κ1) is 12.7. The van der Waals surface area contributed by atoms with Gasteiger partial charge in [-0.2, -0.15) is 0 Å². The molecule has 1 aromatic heterocycles. The normalized spacial score (nSPS) is 11.9. The number of aromatic nitrogens is 2. The number of imidazole rings is 1. The molecular weight excluding hydrogens is 241 g/mol. The molecule has 2 nitrogen and oxygen atoms in total. The van der Waals surface area contributed by atoms with Crippen LogP contribution in [0.4, 0.5) is 13.2 Å². The molecule has 1 aromatic carbocycles. The van der Waals surface area contributed by atoms with E-state index in [4.69, 9.17) is 0 Å². The van der Waals surface area contributed by atoms with E-state index >= 15 is 0 Å². The van der Waals surface area contributed by atoms with E-state index in [1.807, 2.05) is 20.8 Å². The Morgan fingerprint density at radius 1 is 1.06 bits per heavy atom. The molecule has 1 heterocycles. The van der Waals surface area contributed by atoms with Crippen LogP contribution >= 0.6 is 0 Å². The summed E-state index contributed by atoms with van der Waals surface area (Å²) in [7, 11) is 0. The van der Waals surface area contributed by atoms with Crippen LogP contribution in [0.2, 0.25) is 0 Å². The van der Waals surface area contributed by atoms with Crippen molar-refractivity contribution in [3.63, 3.8) is 0 Å². The number of benzene rings is 1. The van der Waals surface area contributed by atoms with E-state index in [0.717, 1.165) is 16.7 Å². The molecular formula is C13H13F3N2. The molecule has 0 spiro atoms. The molecule has 0 saturated carbocycles. The van der Waals surface area contributed by atoms with Gasteiger partial charge < -0.3 is 4.57 Å². The summed E-state index contributed by atoms with van der Waals surface area (Å²) >= 11 is 0. The summed E-state index contributed by atoms with van der Waals surface area (Å²) < 4.78 is 41.4. The molecule has 5 heteroatoms. The van der Waals surface area contributed by atoms with Gasteiger partial charge in [0.05, 0.1) is 12.0 Å². The molecule has 0 N–H and O–H groups in total. The van der Waals surface area contributed by atoms with Crippen LogP contribution in [0.15, 0.2) is 24.7 Å². The van der Waals surface area contributed by atoms with Crippen LogP contribution in [0, 0.1) is 17.5 Å². The van der Waals surface area contributed by atoms with Gasteiger partial charge in [0, 0.05) is 11.6 Å². The third kappa shape index (κ3) is 2.12. The highest BCUT2D eigenvalue weighted by molar-refractivity contribution is 5.36. The number of rotatable bonds is 1. The van der Waals surface area contributed by atoms with E-state index in [0.29, 0.717) is 5.69 Å². The van der Waals surface area contributed by atoms with Gasteiger partial charge >= 0.3 is 0 Å². The lowest BCUT2D eigenvalue weighted by molar-refractivity contribution is 0.488. The van der Waals surface area contributed by atoms with Crippen molar-refractivity contribution in [2.24, 2.45) is 0 Å². The predicted octanol–water partition coefficient (Wildman–Crippen LogP) is 3.59. The zero-order valence-electron chi connectivity index (χ0n) is 10.3. The van der Waals surface area contributed by atoms with Gasteiger partial charge in [-0.25, -0.2) is 18.2 Å². The van der Waals surface area contributed by atoms with Crippen molar-refractivity contribution in [3.05, 3.63) is 47.8 Å². The Balaban J connectivity index is 2.57. The molecule has 18 heavy (non-hydrogen) atoms. The van der Waals surface area contributed by atoms with Gasteiger partial charge in [0.25, 0.3) is 0 Å². The fraction of sp³-hybridized carbons (Fsp3) is 0.308. The predicted molar refractivity (Wildman–Crippen MR) is 62.1 cm³/mol. The Morgan fingerprint density at radius 3 is 2.22 bits per heavy atom. The largest absolute Gasteiger partial charge is 0.301 e. The molecule has 0 atom stereocenters. The van der Waals surface area contributed by atoms with Gasteiger partial charge in [0.2, 0.25) is 0 Å². The summed E-state index contributed by atoms with van der Waals surface area (Å²) in [5, 5.41) is 0. The molecule has 0 aliphatic carbocycles. The highest BCUT2D eigenvalue weighted by Crippen LogP contribution is 2.24. The minimum atomic E-state index is -1.21. The molecule has 0 amide bonds. The maximum Gasteiger partial charge on any atom is 0.185 e. The topological polar surface area (TPSA) is 17.8 Å². The second kappa shape index (κ2) is 4.15. The first-order chi connectivity index (χ1) is 8.30. The Kier molecular flexibility index (Phi) is 2.92. The molecule has 0 saturated heterocycles. The van der Waals surface area contributed by atoms with Crippen molar-refractivity contribution >= 4 is 0 Å². The monoisotopic (exact) mass is 254 g/mol. The van der Waals surface area contributed by atoms with Crippen LogP contribution in [0.5, 0.6) is 0 Å². The second-order valence-electron chi connectivity index (χ2n) is 5.11. The fourth-order valence-corrected chi connectivity index (χ4v) is 1.59. The van der Waals surface area contributed by atoms with Gasteiger partial charge in [-0.05, 0) is 12.1 Å². The fourth-order valence-electron chi connectivity index (χ4n) is 1.59. The van der Waals surface area contributed by atoms with E-state index in [1.165, 1.54) is 12.5 Å². The molecule has 2 rings (SSSR count). The Labute approximate surface area is 103 Å². The Morgan fingerprint density at radius 2 is 1.67 bits per heavy atom. The quantitative estimate of drug-likeness (QED) is 0.711. The van der Waals surface area contributed by atoms with Crippen molar-refractivity contribution < 1.29 is 13.2 Å². The molecule has 2 aromatic rings. The van der Waals surface area contributed by atoms with E-state index in [-0.39, 0.29) is 5.41 Å². The van der Waals surface area contributed by atoms with E-state index in [2.05, 4.69) is 4.98 Å². The van der Waals surface area contributed by atoms with Gasteiger partial charge in [0.1, 0.15) is 11.5 Å². The first-order valence-corrected chi connectivity index (χ1v) is 5.49. The third-order valence-corrected chi connectivity index (χ3v) is 2.63. The van der Waals surface area contributed by atoms with E-state index < -0.39 is 23.1 Å². The second-order valence-corrected chi connectivity index (χ2v) is 5.11. The lowest BCUT2D eigenvalue weighted by Gasteiger charge is -2.14. The average molecular weight is 254 g/mol. The number of halogens is 3. The smallest absolute Gasteiger partial charge is 0.185 e. The number of hydrogen-bond donors (Lipinski definition) is 0. The SMILES string of the molecule is CC(C)(C)c1cn(-c2c(F)ccc(F)c2F)cn1. The molecule has 0 aliphatic rings. The number of nitrogens with zero attached hydrogens (tertiary/aromatic N) is 2. The third-order valence-electron chi connectivity index (χ3n) is 2.63. The van der Waals surface area contributed by atoms with Crippen LogP contribution in [-0.4, -0.2) is 9.55 Å². The molecule has 0 radical (unpaired) electrons. The Bertz CT molecular complexity index is 582. The van der Waals surface area contributed by atoms with E-state index in [9.17, 15) is 13.2 Å². The van der Waals surface area contributed by atoms with E-state index in [1.54, 1.807) is 0 Å². The molecule has 0 aliphatic heterocycles. The number of hydrogen-bond acceptors (Lipinski definition) is 1. The Hall–Kier alpha value is -1.78. The molecule has 0 unspecified atom stereocenters. The maximum atomic E-state index is 13.6. The standard InChI is InChI=1S/C13H13F3N2/c1-13(2,3)10-6-18(7-17-10)12-9(15)5-4-8(14)11(12)16/h4-7H,1-3H3. The zero-order chi connectivity index (χ0) is 13.5. The van der Waals surface area contributed by atoms with Crippen molar-refractivity contribution in [2.45, 2.75) is 26.2 Å². The van der Waals surface area contributed by atoms with Gasteiger partial charge in [0.15, 0.2) is 11.6 Å². The minimum absolute atomic E-state index is 0.245. The van der Waals surface area contributed by atoms with Crippen LogP contribution in [0.1, 0.15) is 26.5 Å². The van der Waals surface area contributed by atoms with Crippen molar-refractivity contribution in [1.29, 1.82) is 0 Å². The van der Waals surface area contributed by atoms with Crippen molar-refractivity contribution in [2.75, 3.05) is 0 Å². The maximum absolute atomic E-state index is 13.6.